The second kappa shape index (κ2) is 7.51. The number of allylic oxidation sites excluding steroid dienone is 1. The number of esters is 1. The summed E-state index contributed by atoms with van der Waals surface area (Å²) < 4.78 is 9.83. The first-order chi connectivity index (χ1) is 11.8. The lowest BCUT2D eigenvalue weighted by atomic mass is 9.78. The van der Waals surface area contributed by atoms with Gasteiger partial charge in [0.15, 0.2) is 0 Å². The Morgan fingerprint density at radius 1 is 1.12 bits per heavy atom. The van der Waals surface area contributed by atoms with Gasteiger partial charge < -0.3 is 14.6 Å². The first-order valence-corrected chi connectivity index (χ1v) is 8.07. The van der Waals surface area contributed by atoms with Gasteiger partial charge in [-0.1, -0.05) is 13.8 Å². The van der Waals surface area contributed by atoms with Crippen LogP contribution in [0.4, 0.5) is 0 Å². The van der Waals surface area contributed by atoms with Crippen LogP contribution in [0.5, 0.6) is 5.75 Å². The third-order valence-corrected chi connectivity index (χ3v) is 4.24. The van der Waals surface area contributed by atoms with Gasteiger partial charge in [0.2, 0.25) is 11.6 Å². The highest BCUT2D eigenvalue weighted by Crippen LogP contribution is 2.37. The highest BCUT2D eigenvalue weighted by atomic mass is 16.5. The van der Waals surface area contributed by atoms with Crippen molar-refractivity contribution < 1.29 is 29.0 Å². The predicted molar refractivity (Wildman–Crippen MR) is 91.5 cm³/mol. The van der Waals surface area contributed by atoms with Crippen molar-refractivity contribution in [3.05, 3.63) is 34.9 Å². The first-order valence-electron chi connectivity index (χ1n) is 8.07. The lowest BCUT2D eigenvalue weighted by molar-refractivity contribution is -0.141. The number of carbonyl (C=O) groups is 3. The fourth-order valence-electron chi connectivity index (χ4n) is 3.08. The first kappa shape index (κ1) is 18.7. The van der Waals surface area contributed by atoms with Gasteiger partial charge >= 0.3 is 5.97 Å². The van der Waals surface area contributed by atoms with E-state index in [0.29, 0.717) is 12.2 Å². The zero-order valence-corrected chi connectivity index (χ0v) is 14.8. The molecule has 0 fully saturated rings. The lowest BCUT2D eigenvalue weighted by Gasteiger charge is -2.25. The minimum Gasteiger partial charge on any atom is -0.507 e. The van der Waals surface area contributed by atoms with Crippen molar-refractivity contribution in [2.75, 3.05) is 14.2 Å². The van der Waals surface area contributed by atoms with Crippen LogP contribution in [0.2, 0.25) is 0 Å². The monoisotopic (exact) mass is 346 g/mol. The van der Waals surface area contributed by atoms with Gasteiger partial charge in [0, 0.05) is 22.6 Å². The lowest BCUT2D eigenvalue weighted by Crippen LogP contribution is -2.30. The van der Waals surface area contributed by atoms with Crippen molar-refractivity contribution >= 4 is 23.3 Å². The molecule has 1 aliphatic rings. The maximum Gasteiger partial charge on any atom is 0.306 e. The average molecular weight is 346 g/mol. The summed E-state index contributed by atoms with van der Waals surface area (Å²) in [6.45, 7) is 3.88. The quantitative estimate of drug-likeness (QED) is 0.629. The fraction of sp³-hybridized carbons (Fsp3) is 0.421. The van der Waals surface area contributed by atoms with Crippen LogP contribution in [-0.2, 0) is 14.3 Å². The van der Waals surface area contributed by atoms with Gasteiger partial charge in [0.1, 0.15) is 11.5 Å². The van der Waals surface area contributed by atoms with E-state index in [-0.39, 0.29) is 34.8 Å². The number of aliphatic hydroxyl groups is 1. The molecule has 0 saturated carbocycles. The Bertz CT molecular complexity index is 744. The second-order valence-electron chi connectivity index (χ2n) is 6.44. The Balaban J connectivity index is 2.59. The van der Waals surface area contributed by atoms with E-state index in [1.807, 2.05) is 13.8 Å². The van der Waals surface area contributed by atoms with Gasteiger partial charge in [-0.3, -0.25) is 14.4 Å². The summed E-state index contributed by atoms with van der Waals surface area (Å²) in [5.41, 5.74) is 0.357. The summed E-state index contributed by atoms with van der Waals surface area (Å²) >= 11 is 0. The molecule has 0 radical (unpaired) electrons. The van der Waals surface area contributed by atoms with Crippen molar-refractivity contribution in [2.24, 2.45) is 11.8 Å². The molecule has 0 aliphatic heterocycles. The van der Waals surface area contributed by atoms with Crippen LogP contribution in [0.3, 0.4) is 0 Å². The van der Waals surface area contributed by atoms with Crippen LogP contribution in [0.1, 0.15) is 42.6 Å². The molecule has 1 aromatic rings. The number of aliphatic hydroxyl groups excluding tert-OH is 1. The molecule has 1 aromatic carbocycles. The molecule has 6 heteroatoms. The second-order valence-corrected chi connectivity index (χ2v) is 6.44. The molecule has 0 aromatic heterocycles. The van der Waals surface area contributed by atoms with Crippen LogP contribution >= 0.6 is 0 Å². The van der Waals surface area contributed by atoms with Crippen LogP contribution in [0.25, 0.3) is 5.76 Å². The third-order valence-electron chi connectivity index (χ3n) is 4.24. The maximum absolute atomic E-state index is 12.6. The van der Waals surface area contributed by atoms with Crippen molar-refractivity contribution in [1.82, 2.24) is 0 Å². The number of hydrogen-bond acceptors (Lipinski definition) is 6. The van der Waals surface area contributed by atoms with E-state index >= 15 is 0 Å². The SMILES string of the molecule is COC(=O)C[C@@H](CC(C)C)C1=C(O)c2cc(OC)ccc2C(=O)C1=O. The zero-order chi connectivity index (χ0) is 18.7. The predicted octanol–water partition coefficient (Wildman–Crippen LogP) is 2.96. The van der Waals surface area contributed by atoms with Crippen LogP contribution in [0.15, 0.2) is 23.8 Å². The topological polar surface area (TPSA) is 89.9 Å². The molecule has 1 aliphatic carbocycles. The average Bonchev–Trinajstić information content (AvgIpc) is 2.58. The highest BCUT2D eigenvalue weighted by molar-refractivity contribution is 6.52. The summed E-state index contributed by atoms with van der Waals surface area (Å²) in [7, 11) is 2.73. The molecule has 0 spiro atoms. The van der Waals surface area contributed by atoms with Gasteiger partial charge in [-0.25, -0.2) is 0 Å². The standard InChI is InChI=1S/C19H22O6/c1-10(2)7-11(8-15(20)25-4)16-17(21)14-9-12(24-3)5-6-13(14)18(22)19(16)23/h5-6,9-11,21H,7-8H2,1-4H3/t11-/m1/s1. The molecule has 6 nitrogen and oxygen atoms in total. The number of carbonyl (C=O) groups excluding carboxylic acids is 3. The number of ether oxygens (including phenoxy) is 2. The summed E-state index contributed by atoms with van der Waals surface area (Å²) in [5, 5.41) is 10.7. The highest BCUT2D eigenvalue weighted by Gasteiger charge is 2.38. The van der Waals surface area contributed by atoms with E-state index in [1.165, 1.54) is 26.4 Å². The summed E-state index contributed by atoms with van der Waals surface area (Å²) in [6.07, 6.45) is 0.388. The van der Waals surface area contributed by atoms with Gasteiger partial charge in [0.05, 0.1) is 20.6 Å². The van der Waals surface area contributed by atoms with Crippen LogP contribution in [-0.4, -0.2) is 36.9 Å². The minimum atomic E-state index is -0.773. The molecule has 25 heavy (non-hydrogen) atoms. The molecule has 0 amide bonds. The number of fused-ring (bicyclic) bond motifs is 1. The van der Waals surface area contributed by atoms with Gasteiger partial charge in [-0.15, -0.1) is 0 Å². The fourth-order valence-corrected chi connectivity index (χ4v) is 3.08. The van der Waals surface area contributed by atoms with E-state index in [2.05, 4.69) is 0 Å². The Labute approximate surface area is 146 Å². The third kappa shape index (κ3) is 3.73. The molecular weight excluding hydrogens is 324 g/mol. The number of hydrogen-bond donors (Lipinski definition) is 1. The van der Waals surface area contributed by atoms with E-state index in [1.54, 1.807) is 6.07 Å². The number of Topliss-reactive ketones (excluding diaryl/α,β-unsaturated/α-hetero) is 2. The molecule has 2 rings (SSSR count). The van der Waals surface area contributed by atoms with Gasteiger partial charge in [-0.05, 0) is 30.5 Å². The van der Waals surface area contributed by atoms with E-state index < -0.39 is 23.5 Å². The molecular formula is C19H22O6. The van der Waals surface area contributed by atoms with Crippen LogP contribution in [0, 0.1) is 11.8 Å². The molecule has 0 saturated heterocycles. The Kier molecular flexibility index (Phi) is 5.62. The van der Waals surface area contributed by atoms with Gasteiger partial charge in [-0.2, -0.15) is 0 Å². The number of methoxy groups -OCH3 is 2. The van der Waals surface area contributed by atoms with Crippen molar-refractivity contribution in [3.63, 3.8) is 0 Å². The molecule has 0 heterocycles. The number of benzene rings is 1. The molecule has 0 unspecified atom stereocenters. The number of ketones is 2. The largest absolute Gasteiger partial charge is 0.507 e. The smallest absolute Gasteiger partial charge is 0.306 e. The summed E-state index contributed by atoms with van der Waals surface area (Å²) in [6, 6.07) is 4.53. The minimum absolute atomic E-state index is 0.0233. The Morgan fingerprint density at radius 2 is 1.80 bits per heavy atom. The maximum atomic E-state index is 12.6. The van der Waals surface area contributed by atoms with Gasteiger partial charge in [0.25, 0.3) is 0 Å². The molecule has 134 valence electrons. The molecule has 0 bridgehead atoms. The molecule has 1 N–H and O–H groups in total. The van der Waals surface area contributed by atoms with Crippen LogP contribution < -0.4 is 4.74 Å². The molecule has 1 atom stereocenters. The van der Waals surface area contributed by atoms with Crippen molar-refractivity contribution in [1.29, 1.82) is 0 Å². The van der Waals surface area contributed by atoms with Crippen molar-refractivity contribution in [3.8, 4) is 5.75 Å². The number of rotatable bonds is 6. The van der Waals surface area contributed by atoms with E-state index in [9.17, 15) is 19.5 Å². The van der Waals surface area contributed by atoms with Crippen molar-refractivity contribution in [2.45, 2.75) is 26.7 Å². The summed E-state index contributed by atoms with van der Waals surface area (Å²) in [4.78, 5) is 36.8. The Morgan fingerprint density at radius 3 is 2.36 bits per heavy atom. The van der Waals surface area contributed by atoms with E-state index in [0.717, 1.165) is 0 Å². The Hall–Kier alpha value is -2.63. The normalized spacial score (nSPS) is 15.2. The summed E-state index contributed by atoms with van der Waals surface area (Å²) in [5.74, 6) is -2.21. The van der Waals surface area contributed by atoms with E-state index in [4.69, 9.17) is 9.47 Å². The zero-order valence-electron chi connectivity index (χ0n) is 14.8.